The minimum absolute atomic E-state index is 0.0734. The molecule has 0 unspecified atom stereocenters. The molecule has 3 nitrogen and oxygen atoms in total. The van der Waals surface area contributed by atoms with Gasteiger partial charge in [-0.1, -0.05) is 0 Å². The molecule has 1 aliphatic heterocycles. The van der Waals surface area contributed by atoms with E-state index in [4.69, 9.17) is 9.47 Å². The van der Waals surface area contributed by atoms with Crippen molar-refractivity contribution in [3.8, 4) is 0 Å². The fraction of sp³-hybridized carbons (Fsp3) is 0.600. The Morgan fingerprint density at radius 2 is 1.52 bits per heavy atom. The molecular formula is C15H15F5O3. The van der Waals surface area contributed by atoms with Crippen LogP contribution in [0.3, 0.4) is 0 Å². The first-order valence-corrected chi connectivity index (χ1v) is 7.19. The third-order valence-electron chi connectivity index (χ3n) is 4.46. The van der Waals surface area contributed by atoms with E-state index in [-0.39, 0.29) is 37.5 Å². The SMILES string of the molecule is CC1OC2(CCC(O)(c3cc(F)c(C(F)(F)F)c(F)c3)CC2)O1. The molecule has 2 fully saturated rings. The van der Waals surface area contributed by atoms with Crippen LogP contribution in [0, 0.1) is 11.6 Å². The number of benzene rings is 1. The molecule has 1 heterocycles. The lowest BCUT2D eigenvalue weighted by molar-refractivity contribution is -0.457. The number of hydrogen-bond donors (Lipinski definition) is 1. The normalized spacial score (nSPS) is 34.5. The van der Waals surface area contributed by atoms with E-state index in [1.54, 1.807) is 6.92 Å². The maximum Gasteiger partial charge on any atom is 0.422 e. The summed E-state index contributed by atoms with van der Waals surface area (Å²) in [4.78, 5) is 0. The average molecular weight is 338 g/mol. The minimum Gasteiger partial charge on any atom is -0.385 e. The van der Waals surface area contributed by atoms with Gasteiger partial charge in [-0.25, -0.2) is 8.78 Å². The molecule has 1 aromatic rings. The maximum absolute atomic E-state index is 13.7. The van der Waals surface area contributed by atoms with Crippen LogP contribution in [0.5, 0.6) is 0 Å². The standard InChI is InChI=1S/C15H15F5O3/c1-8-22-14(23-8)4-2-13(21,3-5-14)9-6-10(16)12(11(17)7-9)15(18,19)20/h6-8,21H,2-5H2,1H3. The van der Waals surface area contributed by atoms with Gasteiger partial charge < -0.3 is 14.6 Å². The van der Waals surface area contributed by atoms with Crippen LogP contribution in [0.4, 0.5) is 22.0 Å². The van der Waals surface area contributed by atoms with Gasteiger partial charge in [0.1, 0.15) is 17.2 Å². The lowest BCUT2D eigenvalue weighted by atomic mass is 9.76. The van der Waals surface area contributed by atoms with Crippen LogP contribution in [-0.2, 0) is 21.3 Å². The van der Waals surface area contributed by atoms with Crippen molar-refractivity contribution in [3.05, 3.63) is 34.9 Å². The number of aliphatic hydroxyl groups is 1. The van der Waals surface area contributed by atoms with Crippen molar-refractivity contribution in [1.29, 1.82) is 0 Å². The van der Waals surface area contributed by atoms with Crippen molar-refractivity contribution in [1.82, 2.24) is 0 Å². The molecule has 2 aliphatic rings. The second-order valence-corrected chi connectivity index (χ2v) is 6.06. The fourth-order valence-corrected chi connectivity index (χ4v) is 3.30. The fourth-order valence-electron chi connectivity index (χ4n) is 3.30. The number of alkyl halides is 3. The largest absolute Gasteiger partial charge is 0.422 e. The summed E-state index contributed by atoms with van der Waals surface area (Å²) >= 11 is 0. The molecule has 23 heavy (non-hydrogen) atoms. The molecule has 8 heteroatoms. The molecule has 1 aromatic carbocycles. The van der Waals surface area contributed by atoms with E-state index in [1.165, 1.54) is 0 Å². The Labute approximate surface area is 129 Å². The van der Waals surface area contributed by atoms with Crippen LogP contribution in [0.25, 0.3) is 0 Å². The molecule has 1 spiro atoms. The summed E-state index contributed by atoms with van der Waals surface area (Å²) in [7, 11) is 0. The third-order valence-corrected chi connectivity index (χ3v) is 4.46. The molecule has 1 N–H and O–H groups in total. The zero-order valence-electron chi connectivity index (χ0n) is 12.2. The first kappa shape index (κ1) is 16.6. The van der Waals surface area contributed by atoms with Crippen molar-refractivity contribution in [3.63, 3.8) is 0 Å². The van der Waals surface area contributed by atoms with Gasteiger partial charge >= 0.3 is 6.18 Å². The number of ether oxygens (including phenoxy) is 2. The Morgan fingerprint density at radius 3 is 1.91 bits per heavy atom. The monoisotopic (exact) mass is 338 g/mol. The molecule has 0 bridgehead atoms. The van der Waals surface area contributed by atoms with Crippen molar-refractivity contribution in [2.75, 3.05) is 0 Å². The summed E-state index contributed by atoms with van der Waals surface area (Å²) < 4.78 is 76.1. The van der Waals surface area contributed by atoms with Gasteiger partial charge in [0.05, 0.1) is 5.60 Å². The topological polar surface area (TPSA) is 38.7 Å². The molecule has 0 aromatic heterocycles. The molecule has 0 atom stereocenters. The Bertz CT molecular complexity index is 589. The Kier molecular flexibility index (Phi) is 3.70. The van der Waals surface area contributed by atoms with Gasteiger partial charge in [-0.2, -0.15) is 13.2 Å². The summed E-state index contributed by atoms with van der Waals surface area (Å²) in [5.74, 6) is -4.26. The summed E-state index contributed by atoms with van der Waals surface area (Å²) in [5, 5.41) is 10.6. The molecular weight excluding hydrogens is 323 g/mol. The van der Waals surface area contributed by atoms with Crippen LogP contribution < -0.4 is 0 Å². The van der Waals surface area contributed by atoms with Gasteiger partial charge in [-0.05, 0) is 37.5 Å². The molecule has 0 radical (unpaired) electrons. The molecule has 128 valence electrons. The zero-order chi connectivity index (χ0) is 17.0. The van der Waals surface area contributed by atoms with Crippen LogP contribution in [-0.4, -0.2) is 17.2 Å². The number of halogens is 5. The van der Waals surface area contributed by atoms with Crippen LogP contribution >= 0.6 is 0 Å². The van der Waals surface area contributed by atoms with Gasteiger partial charge in [0.25, 0.3) is 0 Å². The maximum atomic E-state index is 13.7. The molecule has 1 saturated carbocycles. The van der Waals surface area contributed by atoms with Crippen LogP contribution in [0.1, 0.15) is 43.7 Å². The zero-order valence-corrected chi connectivity index (χ0v) is 12.2. The Hall–Kier alpha value is -1.25. The predicted molar refractivity (Wildman–Crippen MR) is 68.1 cm³/mol. The highest BCUT2D eigenvalue weighted by atomic mass is 19.4. The lowest BCUT2D eigenvalue weighted by Crippen LogP contribution is -2.56. The molecule has 1 saturated heterocycles. The number of hydrogen-bond acceptors (Lipinski definition) is 3. The average Bonchev–Trinajstić information content (AvgIpc) is 2.38. The molecule has 0 amide bonds. The van der Waals surface area contributed by atoms with Crippen molar-refractivity contribution in [2.45, 2.75) is 56.5 Å². The Balaban J connectivity index is 1.85. The van der Waals surface area contributed by atoms with E-state index in [1.807, 2.05) is 0 Å². The van der Waals surface area contributed by atoms with E-state index in [2.05, 4.69) is 0 Å². The van der Waals surface area contributed by atoms with E-state index in [9.17, 15) is 27.1 Å². The van der Waals surface area contributed by atoms with E-state index in [0.717, 1.165) is 0 Å². The highest BCUT2D eigenvalue weighted by Crippen LogP contribution is 2.48. The van der Waals surface area contributed by atoms with Crippen LogP contribution in [0.15, 0.2) is 12.1 Å². The molecule has 1 aliphatic carbocycles. The smallest absolute Gasteiger partial charge is 0.385 e. The Morgan fingerprint density at radius 1 is 1.04 bits per heavy atom. The van der Waals surface area contributed by atoms with E-state index in [0.29, 0.717) is 12.1 Å². The highest BCUT2D eigenvalue weighted by Gasteiger charge is 2.51. The van der Waals surface area contributed by atoms with Gasteiger partial charge in [0.15, 0.2) is 12.1 Å². The number of rotatable bonds is 1. The van der Waals surface area contributed by atoms with Gasteiger partial charge in [0.2, 0.25) is 0 Å². The van der Waals surface area contributed by atoms with Gasteiger partial charge in [0, 0.05) is 12.8 Å². The minimum atomic E-state index is -5.13. The summed E-state index contributed by atoms with van der Waals surface area (Å²) in [5.41, 5.74) is -3.76. The van der Waals surface area contributed by atoms with Gasteiger partial charge in [-0.15, -0.1) is 0 Å². The van der Waals surface area contributed by atoms with E-state index < -0.39 is 34.8 Å². The first-order valence-electron chi connectivity index (χ1n) is 7.19. The summed E-state index contributed by atoms with van der Waals surface area (Å²) in [6.07, 6.45) is -4.75. The second-order valence-electron chi connectivity index (χ2n) is 6.06. The summed E-state index contributed by atoms with van der Waals surface area (Å²) in [6.45, 7) is 1.71. The lowest BCUT2D eigenvalue weighted by Gasteiger charge is -2.51. The van der Waals surface area contributed by atoms with E-state index >= 15 is 0 Å². The third kappa shape index (κ3) is 2.83. The van der Waals surface area contributed by atoms with Crippen LogP contribution in [0.2, 0.25) is 0 Å². The first-order chi connectivity index (χ1) is 10.5. The summed E-state index contributed by atoms with van der Waals surface area (Å²) in [6, 6.07) is 1.10. The quantitative estimate of drug-likeness (QED) is 0.791. The van der Waals surface area contributed by atoms with Crippen molar-refractivity contribution in [2.24, 2.45) is 0 Å². The van der Waals surface area contributed by atoms with Crippen molar-refractivity contribution < 1.29 is 36.5 Å². The predicted octanol–water partition coefficient (Wildman–Crippen LogP) is 3.83. The van der Waals surface area contributed by atoms with Crippen molar-refractivity contribution >= 4 is 0 Å². The highest BCUT2D eigenvalue weighted by molar-refractivity contribution is 5.32. The van der Waals surface area contributed by atoms with Gasteiger partial charge in [-0.3, -0.25) is 0 Å². The molecule has 3 rings (SSSR count). The second kappa shape index (κ2) is 5.12.